The largest absolute Gasteiger partial charge is 0.336 e. The van der Waals surface area contributed by atoms with E-state index in [1.54, 1.807) is 27.9 Å². The maximum absolute atomic E-state index is 13.1. The number of rotatable bonds is 4. The van der Waals surface area contributed by atoms with Crippen LogP contribution in [-0.4, -0.2) is 59.5 Å². The third-order valence-corrected chi connectivity index (χ3v) is 8.56. The van der Waals surface area contributed by atoms with Gasteiger partial charge in [-0.05, 0) is 49.4 Å². The second-order valence-corrected chi connectivity index (χ2v) is 10.9. The molecule has 0 atom stereocenters. The number of nitrogens with zero attached hydrogens (tertiary/aromatic N) is 4. The highest BCUT2D eigenvalue weighted by atomic mass is 79.9. The van der Waals surface area contributed by atoms with Crippen LogP contribution in [0.4, 0.5) is 0 Å². The van der Waals surface area contributed by atoms with Gasteiger partial charge in [-0.25, -0.2) is 13.1 Å². The fraction of sp³-hybridized carbons (Fsp3) is 0.238. The summed E-state index contributed by atoms with van der Waals surface area (Å²) in [5, 5.41) is 4.36. The molecular weight excluding hydrogens is 539 g/mol. The first kappa shape index (κ1) is 23.3. The van der Waals surface area contributed by atoms with E-state index in [-0.39, 0.29) is 47.0 Å². The highest BCUT2D eigenvalue weighted by Gasteiger charge is 2.33. The predicted octanol–water partition coefficient (Wildman–Crippen LogP) is 4.40. The zero-order chi connectivity index (χ0) is 23.0. The van der Waals surface area contributed by atoms with Crippen molar-refractivity contribution in [1.29, 1.82) is 0 Å². The molecule has 1 aliphatic rings. The summed E-state index contributed by atoms with van der Waals surface area (Å²) in [6.45, 7) is 2.80. The van der Waals surface area contributed by atoms with Gasteiger partial charge in [0.1, 0.15) is 4.90 Å². The molecule has 4 rings (SSSR count). The number of aryl methyl sites for hydroxylation is 1. The Morgan fingerprint density at radius 2 is 1.59 bits per heavy atom. The molecule has 1 fully saturated rings. The van der Waals surface area contributed by atoms with Gasteiger partial charge in [0.25, 0.3) is 5.91 Å². The van der Waals surface area contributed by atoms with Crippen molar-refractivity contribution in [2.45, 2.75) is 11.8 Å². The van der Waals surface area contributed by atoms with E-state index >= 15 is 0 Å². The van der Waals surface area contributed by atoms with E-state index in [9.17, 15) is 13.2 Å². The van der Waals surface area contributed by atoms with Crippen LogP contribution in [0.1, 0.15) is 16.1 Å². The molecule has 3 aromatic rings. The Bertz CT molecular complexity index is 1250. The molecule has 2 heterocycles. The van der Waals surface area contributed by atoms with E-state index < -0.39 is 10.0 Å². The van der Waals surface area contributed by atoms with E-state index in [1.165, 1.54) is 16.4 Å². The number of carbonyl (C=O) groups is 1. The summed E-state index contributed by atoms with van der Waals surface area (Å²) in [6.07, 6.45) is 1.72. The van der Waals surface area contributed by atoms with Crippen LogP contribution in [0.3, 0.4) is 0 Å². The zero-order valence-corrected chi connectivity index (χ0v) is 20.9. The summed E-state index contributed by atoms with van der Waals surface area (Å²) in [7, 11) is -3.89. The van der Waals surface area contributed by atoms with Crippen molar-refractivity contribution in [2.24, 2.45) is 0 Å². The molecule has 7 nitrogen and oxygen atoms in total. The minimum Gasteiger partial charge on any atom is -0.336 e. The molecule has 0 N–H and O–H groups in total. The summed E-state index contributed by atoms with van der Waals surface area (Å²) >= 11 is 15.6. The van der Waals surface area contributed by atoms with Crippen molar-refractivity contribution < 1.29 is 13.2 Å². The maximum atomic E-state index is 13.1. The molecule has 1 saturated heterocycles. The second kappa shape index (κ2) is 9.15. The molecule has 1 aromatic heterocycles. The van der Waals surface area contributed by atoms with Gasteiger partial charge in [-0.3, -0.25) is 4.79 Å². The van der Waals surface area contributed by atoms with Crippen molar-refractivity contribution in [2.75, 3.05) is 26.2 Å². The summed E-state index contributed by atoms with van der Waals surface area (Å²) in [5.41, 5.74) is 2.39. The van der Waals surface area contributed by atoms with E-state index in [0.717, 1.165) is 11.4 Å². The SMILES string of the molecule is Cc1ccnn1-c1ccc(C(=O)N2CCN(S(=O)(=O)c3c(Cl)cc(Br)cc3Cl)CC2)cc1. The molecule has 1 amide bonds. The summed E-state index contributed by atoms with van der Waals surface area (Å²) in [6, 6.07) is 12.1. The molecule has 168 valence electrons. The highest BCUT2D eigenvalue weighted by Crippen LogP contribution is 2.35. The summed E-state index contributed by atoms with van der Waals surface area (Å²) in [5.74, 6) is -0.148. The Labute approximate surface area is 204 Å². The molecule has 0 saturated carbocycles. The van der Waals surface area contributed by atoms with E-state index in [2.05, 4.69) is 21.0 Å². The van der Waals surface area contributed by atoms with Gasteiger partial charge in [0.2, 0.25) is 10.0 Å². The number of hydrogen-bond donors (Lipinski definition) is 0. The Balaban J connectivity index is 1.46. The van der Waals surface area contributed by atoms with Crippen LogP contribution in [-0.2, 0) is 10.0 Å². The fourth-order valence-electron chi connectivity index (χ4n) is 3.60. The van der Waals surface area contributed by atoms with Crippen molar-refractivity contribution >= 4 is 55.1 Å². The molecule has 0 unspecified atom stereocenters. The number of hydrogen-bond acceptors (Lipinski definition) is 4. The van der Waals surface area contributed by atoms with Gasteiger partial charge in [-0.1, -0.05) is 39.1 Å². The van der Waals surface area contributed by atoms with Crippen molar-refractivity contribution in [3.05, 3.63) is 74.4 Å². The molecule has 0 bridgehead atoms. The van der Waals surface area contributed by atoms with Gasteiger partial charge in [0.05, 0.1) is 15.7 Å². The Morgan fingerprint density at radius 3 is 2.12 bits per heavy atom. The van der Waals surface area contributed by atoms with Crippen molar-refractivity contribution in [3.8, 4) is 5.69 Å². The van der Waals surface area contributed by atoms with Gasteiger partial charge in [-0.15, -0.1) is 0 Å². The van der Waals surface area contributed by atoms with E-state index in [1.807, 2.05) is 25.1 Å². The van der Waals surface area contributed by atoms with Gasteiger partial charge in [0.15, 0.2) is 0 Å². The maximum Gasteiger partial charge on any atom is 0.253 e. The zero-order valence-electron chi connectivity index (χ0n) is 17.0. The van der Waals surface area contributed by atoms with E-state index in [0.29, 0.717) is 10.0 Å². The van der Waals surface area contributed by atoms with Crippen LogP contribution in [0.15, 0.2) is 58.0 Å². The predicted molar refractivity (Wildman–Crippen MR) is 127 cm³/mol. The first-order valence-electron chi connectivity index (χ1n) is 9.73. The lowest BCUT2D eigenvalue weighted by atomic mass is 10.1. The van der Waals surface area contributed by atoms with E-state index in [4.69, 9.17) is 23.2 Å². The Kier molecular flexibility index (Phi) is 6.65. The van der Waals surface area contributed by atoms with Crippen LogP contribution < -0.4 is 0 Å². The smallest absolute Gasteiger partial charge is 0.253 e. The number of amides is 1. The average Bonchev–Trinajstić information content (AvgIpc) is 3.18. The molecule has 0 aliphatic carbocycles. The second-order valence-electron chi connectivity index (χ2n) is 7.33. The Hall–Kier alpha value is -1.91. The minimum absolute atomic E-state index is 0.0513. The summed E-state index contributed by atoms with van der Waals surface area (Å²) in [4.78, 5) is 14.5. The molecular formula is C21H19BrCl2N4O3S. The van der Waals surface area contributed by atoms with Gasteiger partial charge in [-0.2, -0.15) is 9.40 Å². The van der Waals surface area contributed by atoms with Gasteiger partial charge >= 0.3 is 0 Å². The lowest BCUT2D eigenvalue weighted by Gasteiger charge is -2.34. The normalized spacial score (nSPS) is 15.2. The summed E-state index contributed by atoms with van der Waals surface area (Å²) < 4.78 is 29.9. The van der Waals surface area contributed by atoms with Crippen LogP contribution in [0.2, 0.25) is 10.0 Å². The number of benzene rings is 2. The fourth-order valence-corrected chi connectivity index (χ4v) is 6.91. The first-order chi connectivity index (χ1) is 15.2. The molecule has 1 aliphatic heterocycles. The number of halogens is 3. The molecule has 0 spiro atoms. The molecule has 11 heteroatoms. The molecule has 0 radical (unpaired) electrons. The van der Waals surface area contributed by atoms with Crippen molar-refractivity contribution in [1.82, 2.24) is 19.0 Å². The van der Waals surface area contributed by atoms with Crippen LogP contribution >= 0.6 is 39.1 Å². The van der Waals surface area contributed by atoms with Crippen LogP contribution in [0.25, 0.3) is 5.69 Å². The first-order valence-corrected chi connectivity index (χ1v) is 12.7. The number of aromatic nitrogens is 2. The lowest BCUT2D eigenvalue weighted by Crippen LogP contribution is -2.50. The minimum atomic E-state index is -3.89. The molecule has 2 aromatic carbocycles. The number of piperazine rings is 1. The molecule has 32 heavy (non-hydrogen) atoms. The third kappa shape index (κ3) is 4.45. The Morgan fingerprint density at radius 1 is 1.00 bits per heavy atom. The number of sulfonamides is 1. The highest BCUT2D eigenvalue weighted by molar-refractivity contribution is 9.10. The lowest BCUT2D eigenvalue weighted by molar-refractivity contribution is 0.0698. The topological polar surface area (TPSA) is 75.5 Å². The van der Waals surface area contributed by atoms with Crippen LogP contribution in [0.5, 0.6) is 0 Å². The van der Waals surface area contributed by atoms with Crippen molar-refractivity contribution in [3.63, 3.8) is 0 Å². The van der Waals surface area contributed by atoms with Crippen LogP contribution in [0, 0.1) is 6.92 Å². The van der Waals surface area contributed by atoms with Gasteiger partial charge in [0, 0.05) is 48.1 Å². The van der Waals surface area contributed by atoms with Gasteiger partial charge < -0.3 is 4.90 Å². The quantitative estimate of drug-likeness (QED) is 0.476. The standard InChI is InChI=1S/C21H19BrCl2N4O3S/c1-14-6-7-25-28(14)17-4-2-15(3-5-17)21(29)26-8-10-27(11-9-26)32(30,31)20-18(23)12-16(22)13-19(20)24/h2-7,12-13H,8-11H2,1H3. The number of carbonyl (C=O) groups excluding carboxylic acids is 1. The monoisotopic (exact) mass is 556 g/mol. The third-order valence-electron chi connectivity index (χ3n) is 5.28. The average molecular weight is 558 g/mol.